The van der Waals surface area contributed by atoms with Crippen molar-refractivity contribution in [2.24, 2.45) is 0 Å². The van der Waals surface area contributed by atoms with Crippen LogP contribution in [0.4, 0.5) is 0 Å². The molecule has 1 atom stereocenters. The normalized spacial score (nSPS) is 11.9. The van der Waals surface area contributed by atoms with E-state index in [1.807, 2.05) is 6.92 Å². The Kier molecular flexibility index (Phi) is 6.01. The molecule has 1 rings (SSSR count). The lowest BCUT2D eigenvalue weighted by atomic mass is 10.0. The van der Waals surface area contributed by atoms with E-state index in [0.717, 1.165) is 5.56 Å². The number of esters is 1. The fourth-order valence-corrected chi connectivity index (χ4v) is 1.93. The van der Waals surface area contributed by atoms with Crippen molar-refractivity contribution in [1.82, 2.24) is 4.90 Å². The Balaban J connectivity index is 2.78. The third kappa shape index (κ3) is 4.25. The number of nitrogens with zero attached hydrogens (tertiary/aromatic N) is 2. The van der Waals surface area contributed by atoms with E-state index in [9.17, 15) is 15.2 Å². The molecule has 108 valence electrons. The van der Waals surface area contributed by atoms with Crippen LogP contribution in [0.5, 0.6) is 5.75 Å². The number of aryl methyl sites for hydroxylation is 1. The minimum Gasteiger partial charge on any atom is -0.508 e. The van der Waals surface area contributed by atoms with Gasteiger partial charge in [-0.05, 0) is 33.0 Å². The van der Waals surface area contributed by atoms with Gasteiger partial charge in [-0.3, -0.25) is 9.69 Å². The van der Waals surface area contributed by atoms with Crippen molar-refractivity contribution in [3.8, 4) is 11.8 Å². The molecule has 0 aliphatic carbocycles. The highest BCUT2D eigenvalue weighted by molar-refractivity contribution is 5.69. The number of hydrogen-bond acceptors (Lipinski definition) is 5. The first kappa shape index (κ1) is 16.0. The Bertz CT molecular complexity index is 508. The number of nitriles is 1. The fraction of sp³-hybridized carbons (Fsp3) is 0.467. The second-order valence-corrected chi connectivity index (χ2v) is 4.63. The summed E-state index contributed by atoms with van der Waals surface area (Å²) in [7, 11) is 1.74. The molecule has 0 heterocycles. The highest BCUT2D eigenvalue weighted by atomic mass is 16.5. The molecule has 0 saturated heterocycles. The molecule has 1 unspecified atom stereocenters. The number of ether oxygens (including phenoxy) is 1. The molecule has 0 aliphatic heterocycles. The van der Waals surface area contributed by atoms with E-state index < -0.39 is 6.04 Å². The zero-order valence-corrected chi connectivity index (χ0v) is 12.1. The highest BCUT2D eigenvalue weighted by Crippen LogP contribution is 2.28. The van der Waals surface area contributed by atoms with Gasteiger partial charge >= 0.3 is 5.97 Å². The molecular formula is C15H20N2O3. The zero-order chi connectivity index (χ0) is 15.1. The topological polar surface area (TPSA) is 73.6 Å². The smallest absolute Gasteiger partial charge is 0.307 e. The average molecular weight is 276 g/mol. The lowest BCUT2D eigenvalue weighted by Crippen LogP contribution is -2.26. The van der Waals surface area contributed by atoms with Crippen molar-refractivity contribution in [2.45, 2.75) is 26.3 Å². The molecular weight excluding hydrogens is 256 g/mol. The Hall–Kier alpha value is -2.06. The minimum atomic E-state index is -0.593. The quantitative estimate of drug-likeness (QED) is 0.806. The number of carbonyl (C=O) groups is 1. The van der Waals surface area contributed by atoms with Gasteiger partial charge in [0.05, 0.1) is 19.1 Å². The molecule has 5 nitrogen and oxygen atoms in total. The molecule has 1 aromatic rings. The largest absolute Gasteiger partial charge is 0.508 e. The van der Waals surface area contributed by atoms with Gasteiger partial charge in [-0.15, -0.1) is 0 Å². The van der Waals surface area contributed by atoms with Crippen molar-refractivity contribution in [2.75, 3.05) is 20.2 Å². The molecule has 0 saturated carbocycles. The summed E-state index contributed by atoms with van der Waals surface area (Å²) in [6, 6.07) is 6.71. The Labute approximate surface area is 119 Å². The summed E-state index contributed by atoms with van der Waals surface area (Å²) in [6.07, 6.45) is 0.217. The standard InChI is InChI=1S/C15H20N2O3/c1-4-20-15(19)7-8-17(3)13(10-16)12-9-11(2)5-6-14(12)18/h5-6,9,13,18H,4,7-8H2,1-3H3. The first-order chi connectivity index (χ1) is 9.49. The number of carbonyl (C=O) groups excluding carboxylic acids is 1. The number of benzene rings is 1. The van der Waals surface area contributed by atoms with E-state index in [4.69, 9.17) is 4.74 Å². The van der Waals surface area contributed by atoms with Gasteiger partial charge in [-0.1, -0.05) is 11.6 Å². The molecule has 1 N–H and O–H groups in total. The maximum absolute atomic E-state index is 11.3. The van der Waals surface area contributed by atoms with Crippen molar-refractivity contribution in [1.29, 1.82) is 5.26 Å². The van der Waals surface area contributed by atoms with Crippen LogP contribution in [0.2, 0.25) is 0 Å². The summed E-state index contributed by atoms with van der Waals surface area (Å²) in [6.45, 7) is 4.40. The number of phenols is 1. The molecule has 0 aliphatic rings. The van der Waals surface area contributed by atoms with Crippen LogP contribution in [0.1, 0.15) is 30.5 Å². The van der Waals surface area contributed by atoms with E-state index in [2.05, 4.69) is 6.07 Å². The number of aromatic hydroxyl groups is 1. The van der Waals surface area contributed by atoms with Crippen LogP contribution in [0, 0.1) is 18.3 Å². The van der Waals surface area contributed by atoms with Crippen LogP contribution in [-0.2, 0) is 9.53 Å². The molecule has 0 aromatic heterocycles. The third-order valence-electron chi connectivity index (χ3n) is 3.01. The molecule has 1 aromatic carbocycles. The zero-order valence-electron chi connectivity index (χ0n) is 12.1. The molecule has 0 bridgehead atoms. The molecule has 0 radical (unpaired) electrons. The first-order valence-corrected chi connectivity index (χ1v) is 6.54. The van der Waals surface area contributed by atoms with Gasteiger partial charge < -0.3 is 9.84 Å². The van der Waals surface area contributed by atoms with Crippen molar-refractivity contribution < 1.29 is 14.6 Å². The van der Waals surface area contributed by atoms with E-state index >= 15 is 0 Å². The minimum absolute atomic E-state index is 0.0881. The third-order valence-corrected chi connectivity index (χ3v) is 3.01. The van der Waals surface area contributed by atoms with Crippen molar-refractivity contribution in [3.63, 3.8) is 0 Å². The first-order valence-electron chi connectivity index (χ1n) is 6.54. The van der Waals surface area contributed by atoms with Gasteiger partial charge in [0.25, 0.3) is 0 Å². The summed E-state index contributed by atoms with van der Waals surface area (Å²) in [5, 5.41) is 19.2. The van der Waals surface area contributed by atoms with Gasteiger partial charge in [-0.25, -0.2) is 0 Å². The van der Waals surface area contributed by atoms with Gasteiger partial charge in [0.2, 0.25) is 0 Å². The SMILES string of the molecule is CCOC(=O)CCN(C)C(C#N)c1cc(C)ccc1O. The molecule has 5 heteroatoms. The van der Waals surface area contributed by atoms with E-state index in [1.165, 1.54) is 0 Å². The number of hydrogen-bond donors (Lipinski definition) is 1. The monoisotopic (exact) mass is 276 g/mol. The van der Waals surface area contributed by atoms with Crippen LogP contribution < -0.4 is 0 Å². The molecule has 0 spiro atoms. The summed E-state index contributed by atoms with van der Waals surface area (Å²) < 4.78 is 4.86. The lowest BCUT2D eigenvalue weighted by molar-refractivity contribution is -0.143. The van der Waals surface area contributed by atoms with Crippen LogP contribution >= 0.6 is 0 Å². The fourth-order valence-electron chi connectivity index (χ4n) is 1.93. The average Bonchev–Trinajstić information content (AvgIpc) is 2.41. The molecule has 20 heavy (non-hydrogen) atoms. The van der Waals surface area contributed by atoms with Crippen molar-refractivity contribution in [3.05, 3.63) is 29.3 Å². The Morgan fingerprint density at radius 1 is 1.55 bits per heavy atom. The van der Waals surface area contributed by atoms with Crippen LogP contribution in [0.3, 0.4) is 0 Å². The van der Waals surface area contributed by atoms with Crippen LogP contribution in [-0.4, -0.2) is 36.2 Å². The summed E-state index contributed by atoms with van der Waals surface area (Å²) >= 11 is 0. The van der Waals surface area contributed by atoms with Crippen molar-refractivity contribution >= 4 is 5.97 Å². The summed E-state index contributed by atoms with van der Waals surface area (Å²) in [5.41, 5.74) is 1.52. The van der Waals surface area contributed by atoms with E-state index in [1.54, 1.807) is 37.1 Å². The highest BCUT2D eigenvalue weighted by Gasteiger charge is 2.20. The second-order valence-electron chi connectivity index (χ2n) is 4.63. The Morgan fingerprint density at radius 3 is 2.85 bits per heavy atom. The molecule has 0 fully saturated rings. The van der Waals surface area contributed by atoms with Gasteiger partial charge in [0, 0.05) is 12.1 Å². The van der Waals surface area contributed by atoms with Gasteiger partial charge in [0.15, 0.2) is 0 Å². The van der Waals surface area contributed by atoms with Crippen LogP contribution in [0.15, 0.2) is 18.2 Å². The van der Waals surface area contributed by atoms with Crippen LogP contribution in [0.25, 0.3) is 0 Å². The maximum Gasteiger partial charge on any atom is 0.307 e. The predicted molar refractivity (Wildman–Crippen MR) is 75.1 cm³/mol. The van der Waals surface area contributed by atoms with E-state index in [0.29, 0.717) is 18.7 Å². The summed E-state index contributed by atoms with van der Waals surface area (Å²) in [4.78, 5) is 13.1. The Morgan fingerprint density at radius 2 is 2.25 bits per heavy atom. The maximum atomic E-state index is 11.3. The predicted octanol–water partition coefficient (Wildman–Crippen LogP) is 2.15. The number of rotatable bonds is 6. The number of phenolic OH excluding ortho intramolecular Hbond substituents is 1. The van der Waals surface area contributed by atoms with Gasteiger partial charge in [-0.2, -0.15) is 5.26 Å². The summed E-state index contributed by atoms with van der Waals surface area (Å²) in [5.74, 6) is -0.199. The second kappa shape index (κ2) is 7.51. The molecule has 0 amide bonds. The van der Waals surface area contributed by atoms with E-state index in [-0.39, 0.29) is 18.1 Å². The van der Waals surface area contributed by atoms with Gasteiger partial charge in [0.1, 0.15) is 11.8 Å². The lowest BCUT2D eigenvalue weighted by Gasteiger charge is -2.23.